The lowest BCUT2D eigenvalue weighted by atomic mass is 10.3. The summed E-state index contributed by atoms with van der Waals surface area (Å²) >= 11 is 0. The molecule has 0 radical (unpaired) electrons. The first-order valence-electron chi connectivity index (χ1n) is 5.94. The molecule has 0 aromatic carbocycles. The van der Waals surface area contributed by atoms with Crippen LogP contribution in [0.15, 0.2) is 24.5 Å². The van der Waals surface area contributed by atoms with Crippen LogP contribution in [0.4, 0.5) is 0 Å². The molecule has 86 valence electrons. The van der Waals surface area contributed by atoms with E-state index in [1.165, 1.54) is 24.1 Å². The molecule has 16 heavy (non-hydrogen) atoms. The van der Waals surface area contributed by atoms with Gasteiger partial charge in [0.15, 0.2) is 0 Å². The molecule has 0 atom stereocenters. The van der Waals surface area contributed by atoms with Gasteiger partial charge in [-0.15, -0.1) is 0 Å². The number of hydrogen-bond donors (Lipinski definition) is 1. The fourth-order valence-electron chi connectivity index (χ4n) is 1.78. The van der Waals surface area contributed by atoms with Gasteiger partial charge >= 0.3 is 0 Å². The zero-order valence-corrected chi connectivity index (χ0v) is 10.0. The van der Waals surface area contributed by atoms with Crippen molar-refractivity contribution in [3.63, 3.8) is 0 Å². The maximum atomic E-state index is 4.40. The molecular formula is C13H19N3. The Bertz CT molecular complexity index is 459. The number of hydrogen-bond acceptors (Lipinski definition) is 2. The fraction of sp³-hybridized carbons (Fsp3) is 0.462. The Kier molecular flexibility index (Phi) is 3.57. The van der Waals surface area contributed by atoms with Gasteiger partial charge in [0.25, 0.3) is 0 Å². The van der Waals surface area contributed by atoms with Gasteiger partial charge in [-0.1, -0.05) is 13.3 Å². The van der Waals surface area contributed by atoms with Crippen molar-refractivity contribution in [2.45, 2.75) is 33.2 Å². The maximum Gasteiger partial charge on any atom is 0.137 e. The van der Waals surface area contributed by atoms with E-state index >= 15 is 0 Å². The summed E-state index contributed by atoms with van der Waals surface area (Å²) < 4.78 is 2.14. The second-order valence-electron chi connectivity index (χ2n) is 4.21. The van der Waals surface area contributed by atoms with E-state index in [9.17, 15) is 0 Å². The Morgan fingerprint density at radius 1 is 1.44 bits per heavy atom. The highest BCUT2D eigenvalue weighted by molar-refractivity contribution is 5.42. The summed E-state index contributed by atoms with van der Waals surface area (Å²) in [6.45, 7) is 6.27. The molecule has 0 aliphatic carbocycles. The number of nitrogens with one attached hydrogen (secondary N) is 1. The van der Waals surface area contributed by atoms with Crippen molar-refractivity contribution in [1.29, 1.82) is 0 Å². The highest BCUT2D eigenvalue weighted by Crippen LogP contribution is 2.08. The molecule has 0 spiro atoms. The molecule has 0 fully saturated rings. The van der Waals surface area contributed by atoms with Crippen LogP contribution in [0.25, 0.3) is 5.65 Å². The van der Waals surface area contributed by atoms with Gasteiger partial charge < -0.3 is 9.72 Å². The van der Waals surface area contributed by atoms with Crippen LogP contribution in [-0.2, 0) is 6.54 Å². The number of unbranched alkanes of at least 4 members (excludes halogenated alkanes) is 1. The van der Waals surface area contributed by atoms with Crippen LogP contribution >= 0.6 is 0 Å². The number of pyridine rings is 1. The highest BCUT2D eigenvalue weighted by atomic mass is 15.0. The third-order valence-electron chi connectivity index (χ3n) is 2.76. The van der Waals surface area contributed by atoms with Crippen molar-refractivity contribution >= 4 is 5.65 Å². The molecule has 0 aliphatic heterocycles. The zero-order valence-electron chi connectivity index (χ0n) is 10.0. The summed E-state index contributed by atoms with van der Waals surface area (Å²) in [5.41, 5.74) is 3.52. The second-order valence-corrected chi connectivity index (χ2v) is 4.21. The third kappa shape index (κ3) is 2.42. The molecule has 0 saturated carbocycles. The van der Waals surface area contributed by atoms with Gasteiger partial charge in [-0.2, -0.15) is 0 Å². The predicted octanol–water partition coefficient (Wildman–Crippen LogP) is 2.53. The molecule has 2 aromatic rings. The molecular weight excluding hydrogens is 198 g/mol. The number of aromatic nitrogens is 2. The quantitative estimate of drug-likeness (QED) is 0.780. The Morgan fingerprint density at radius 2 is 2.31 bits per heavy atom. The minimum Gasteiger partial charge on any atom is -0.311 e. The van der Waals surface area contributed by atoms with Crippen LogP contribution in [0.2, 0.25) is 0 Å². The van der Waals surface area contributed by atoms with Crippen LogP contribution in [0.5, 0.6) is 0 Å². The van der Waals surface area contributed by atoms with Crippen LogP contribution in [-0.4, -0.2) is 15.9 Å². The second kappa shape index (κ2) is 5.12. The van der Waals surface area contributed by atoms with Crippen LogP contribution < -0.4 is 5.32 Å². The SMILES string of the molecule is CCCCNCc1cnc2cc(C)ccn12. The number of fused-ring (bicyclic) bond motifs is 1. The Hall–Kier alpha value is -1.35. The molecule has 0 bridgehead atoms. The minimum atomic E-state index is 0.893. The van der Waals surface area contributed by atoms with E-state index in [4.69, 9.17) is 0 Å². The van der Waals surface area contributed by atoms with E-state index in [0.29, 0.717) is 0 Å². The number of aryl methyl sites for hydroxylation is 1. The standard InChI is InChI=1S/C13H19N3/c1-3-4-6-14-9-12-10-15-13-8-11(2)5-7-16(12)13/h5,7-8,10,14H,3-4,6,9H2,1-2H3. The smallest absolute Gasteiger partial charge is 0.137 e. The first-order valence-corrected chi connectivity index (χ1v) is 5.94. The molecule has 2 aromatic heterocycles. The topological polar surface area (TPSA) is 29.3 Å². The molecule has 0 unspecified atom stereocenters. The van der Waals surface area contributed by atoms with Gasteiger partial charge in [-0.25, -0.2) is 4.98 Å². The summed E-state index contributed by atoms with van der Waals surface area (Å²) in [5.74, 6) is 0. The van der Waals surface area contributed by atoms with Gasteiger partial charge in [0.05, 0.1) is 11.9 Å². The van der Waals surface area contributed by atoms with Crippen molar-refractivity contribution in [2.75, 3.05) is 6.54 Å². The maximum absolute atomic E-state index is 4.40. The summed E-state index contributed by atoms with van der Waals surface area (Å²) in [6.07, 6.45) is 6.51. The molecule has 2 heterocycles. The van der Waals surface area contributed by atoms with E-state index < -0.39 is 0 Å². The lowest BCUT2D eigenvalue weighted by molar-refractivity contribution is 0.631. The Balaban J connectivity index is 2.07. The Morgan fingerprint density at radius 3 is 3.12 bits per heavy atom. The van der Waals surface area contributed by atoms with E-state index in [-0.39, 0.29) is 0 Å². The van der Waals surface area contributed by atoms with Crippen molar-refractivity contribution < 1.29 is 0 Å². The predicted molar refractivity (Wildman–Crippen MR) is 66.5 cm³/mol. The van der Waals surface area contributed by atoms with Crippen LogP contribution in [0, 0.1) is 6.92 Å². The average molecular weight is 217 g/mol. The lowest BCUT2D eigenvalue weighted by Gasteiger charge is -2.04. The lowest BCUT2D eigenvalue weighted by Crippen LogP contribution is -2.15. The average Bonchev–Trinajstić information content (AvgIpc) is 2.67. The zero-order chi connectivity index (χ0) is 11.4. The van der Waals surface area contributed by atoms with Crippen molar-refractivity contribution in [3.8, 4) is 0 Å². The highest BCUT2D eigenvalue weighted by Gasteiger charge is 2.01. The van der Waals surface area contributed by atoms with Crippen molar-refractivity contribution in [1.82, 2.24) is 14.7 Å². The molecule has 0 aliphatic rings. The molecule has 3 heteroatoms. The van der Waals surface area contributed by atoms with Crippen molar-refractivity contribution in [3.05, 3.63) is 35.8 Å². The first-order chi connectivity index (χ1) is 7.81. The molecule has 3 nitrogen and oxygen atoms in total. The fourth-order valence-corrected chi connectivity index (χ4v) is 1.78. The van der Waals surface area contributed by atoms with Crippen molar-refractivity contribution in [2.24, 2.45) is 0 Å². The van der Waals surface area contributed by atoms with Gasteiger partial charge in [0.2, 0.25) is 0 Å². The number of nitrogens with zero attached hydrogens (tertiary/aromatic N) is 2. The van der Waals surface area contributed by atoms with E-state index in [2.05, 4.69) is 46.9 Å². The summed E-state index contributed by atoms with van der Waals surface area (Å²) in [7, 11) is 0. The third-order valence-corrected chi connectivity index (χ3v) is 2.76. The normalized spacial score (nSPS) is 11.1. The van der Waals surface area contributed by atoms with Gasteiger partial charge in [0.1, 0.15) is 5.65 Å². The molecule has 2 rings (SSSR count). The Labute approximate surface area is 96.5 Å². The molecule has 0 saturated heterocycles. The number of rotatable bonds is 5. The van der Waals surface area contributed by atoms with Gasteiger partial charge in [-0.3, -0.25) is 0 Å². The van der Waals surface area contributed by atoms with Gasteiger partial charge in [-0.05, 0) is 37.6 Å². The van der Waals surface area contributed by atoms with E-state index in [1.807, 2.05) is 6.20 Å². The molecule has 0 amide bonds. The van der Waals surface area contributed by atoms with E-state index in [1.54, 1.807) is 0 Å². The summed E-state index contributed by atoms with van der Waals surface area (Å²) in [5, 5.41) is 3.43. The van der Waals surface area contributed by atoms with E-state index in [0.717, 1.165) is 18.7 Å². The molecule has 1 N–H and O–H groups in total. The first kappa shape index (κ1) is 11.1. The summed E-state index contributed by atoms with van der Waals surface area (Å²) in [6, 6.07) is 4.22. The minimum absolute atomic E-state index is 0.893. The largest absolute Gasteiger partial charge is 0.311 e. The summed E-state index contributed by atoms with van der Waals surface area (Å²) in [4.78, 5) is 4.40. The van der Waals surface area contributed by atoms with Crippen LogP contribution in [0.3, 0.4) is 0 Å². The monoisotopic (exact) mass is 217 g/mol. The number of imidazole rings is 1. The van der Waals surface area contributed by atoms with Gasteiger partial charge in [0, 0.05) is 12.7 Å². The van der Waals surface area contributed by atoms with Crippen LogP contribution in [0.1, 0.15) is 31.0 Å².